The zero-order chi connectivity index (χ0) is 12.5. The molecule has 1 heterocycles. The van der Waals surface area contributed by atoms with Crippen molar-refractivity contribution in [2.45, 2.75) is 42.1 Å². The maximum absolute atomic E-state index is 5.92. The number of hydrogen-bond donors (Lipinski definition) is 3. The summed E-state index contributed by atoms with van der Waals surface area (Å²) < 4.78 is 0. The van der Waals surface area contributed by atoms with Gasteiger partial charge in [-0.25, -0.2) is 4.98 Å². The number of thioether (sulfide) groups is 1. The molecule has 0 saturated heterocycles. The summed E-state index contributed by atoms with van der Waals surface area (Å²) in [5.74, 6) is 0. The van der Waals surface area contributed by atoms with Gasteiger partial charge in [0, 0.05) is 17.0 Å². The van der Waals surface area contributed by atoms with Crippen LogP contribution in [0.15, 0.2) is 23.4 Å². The molecule has 5 heteroatoms. The molecule has 1 aromatic carbocycles. The van der Waals surface area contributed by atoms with Gasteiger partial charge in [0.1, 0.15) is 0 Å². The Morgan fingerprint density at radius 2 is 2.00 bits per heavy atom. The van der Waals surface area contributed by atoms with Crippen molar-refractivity contribution in [3.63, 3.8) is 0 Å². The van der Waals surface area contributed by atoms with E-state index in [0.29, 0.717) is 11.3 Å². The van der Waals surface area contributed by atoms with E-state index in [4.69, 9.17) is 11.5 Å². The van der Waals surface area contributed by atoms with E-state index in [0.717, 1.165) is 34.7 Å². The molecule has 96 valence electrons. The molecule has 0 amide bonds. The molecule has 0 aliphatic heterocycles. The zero-order valence-electron chi connectivity index (χ0n) is 10.2. The third-order valence-electron chi connectivity index (χ3n) is 3.48. The quantitative estimate of drug-likeness (QED) is 0.726. The van der Waals surface area contributed by atoms with Crippen LogP contribution in [0.5, 0.6) is 0 Å². The topological polar surface area (TPSA) is 80.7 Å². The second-order valence-electron chi connectivity index (χ2n) is 4.97. The number of fused-ring (bicyclic) bond motifs is 1. The number of imidazole rings is 1. The number of anilines is 1. The molecule has 2 aromatic rings. The molecule has 0 unspecified atom stereocenters. The van der Waals surface area contributed by atoms with Crippen LogP contribution >= 0.6 is 11.8 Å². The average Bonchev–Trinajstić information content (AvgIpc) is 2.73. The number of benzene rings is 1. The van der Waals surface area contributed by atoms with Gasteiger partial charge in [-0.2, -0.15) is 0 Å². The Morgan fingerprint density at radius 3 is 2.78 bits per heavy atom. The lowest BCUT2D eigenvalue weighted by molar-refractivity contribution is 0.450. The molecule has 1 aliphatic rings. The summed E-state index contributed by atoms with van der Waals surface area (Å²) in [5, 5.41) is 1.64. The lowest BCUT2D eigenvalue weighted by Gasteiger charge is -2.24. The average molecular weight is 262 g/mol. The van der Waals surface area contributed by atoms with Gasteiger partial charge in [-0.1, -0.05) is 11.8 Å². The number of aromatic amines is 1. The van der Waals surface area contributed by atoms with Crippen molar-refractivity contribution in [2.75, 3.05) is 5.73 Å². The highest BCUT2D eigenvalue weighted by Gasteiger charge is 2.20. The Labute approximate surface area is 111 Å². The van der Waals surface area contributed by atoms with E-state index in [9.17, 15) is 0 Å². The minimum Gasteiger partial charge on any atom is -0.399 e. The van der Waals surface area contributed by atoms with Crippen molar-refractivity contribution < 1.29 is 0 Å². The number of nitrogen functional groups attached to an aromatic ring is 1. The van der Waals surface area contributed by atoms with E-state index in [-0.39, 0.29) is 0 Å². The maximum atomic E-state index is 5.92. The van der Waals surface area contributed by atoms with Gasteiger partial charge in [-0.05, 0) is 43.9 Å². The summed E-state index contributed by atoms with van der Waals surface area (Å²) >= 11 is 1.84. The molecule has 1 aliphatic carbocycles. The Kier molecular flexibility index (Phi) is 3.18. The molecule has 0 radical (unpaired) electrons. The molecule has 5 N–H and O–H groups in total. The molecule has 18 heavy (non-hydrogen) atoms. The number of nitrogens with zero attached hydrogens (tertiary/aromatic N) is 1. The fourth-order valence-corrected chi connectivity index (χ4v) is 3.57. The van der Waals surface area contributed by atoms with E-state index in [1.54, 1.807) is 0 Å². The molecular weight excluding hydrogens is 244 g/mol. The lowest BCUT2D eigenvalue weighted by atomic mass is 9.96. The number of nitrogens with one attached hydrogen (secondary N) is 1. The molecule has 0 atom stereocenters. The molecular formula is C13H18N4S. The second-order valence-corrected chi connectivity index (χ2v) is 6.26. The molecule has 3 rings (SSSR count). The van der Waals surface area contributed by atoms with Crippen molar-refractivity contribution in [3.05, 3.63) is 18.2 Å². The first-order chi connectivity index (χ1) is 8.70. The Bertz CT molecular complexity index is 543. The number of hydrogen-bond acceptors (Lipinski definition) is 4. The van der Waals surface area contributed by atoms with Crippen LogP contribution in [0.3, 0.4) is 0 Å². The van der Waals surface area contributed by atoms with Crippen LogP contribution < -0.4 is 11.5 Å². The first-order valence-electron chi connectivity index (χ1n) is 6.38. The zero-order valence-corrected chi connectivity index (χ0v) is 11.0. The Balaban J connectivity index is 1.74. The normalized spacial score (nSPS) is 24.5. The number of aromatic nitrogens is 2. The highest BCUT2D eigenvalue weighted by molar-refractivity contribution is 7.99. The molecule has 0 spiro atoms. The summed E-state index contributed by atoms with van der Waals surface area (Å²) in [5.41, 5.74) is 14.5. The third-order valence-corrected chi connectivity index (χ3v) is 4.70. The largest absolute Gasteiger partial charge is 0.399 e. The summed E-state index contributed by atoms with van der Waals surface area (Å²) in [6.45, 7) is 0. The van der Waals surface area contributed by atoms with Crippen molar-refractivity contribution in [3.8, 4) is 0 Å². The van der Waals surface area contributed by atoms with Gasteiger partial charge in [0.05, 0.1) is 11.0 Å². The van der Waals surface area contributed by atoms with Gasteiger partial charge >= 0.3 is 0 Å². The fraction of sp³-hybridized carbons (Fsp3) is 0.462. The Morgan fingerprint density at radius 1 is 1.22 bits per heavy atom. The van der Waals surface area contributed by atoms with Crippen LogP contribution in [0.1, 0.15) is 25.7 Å². The number of nitrogens with two attached hydrogens (primary N) is 2. The van der Waals surface area contributed by atoms with Crippen LogP contribution in [0.4, 0.5) is 5.69 Å². The van der Waals surface area contributed by atoms with Crippen molar-refractivity contribution in [1.82, 2.24) is 9.97 Å². The highest BCUT2D eigenvalue weighted by atomic mass is 32.2. The van der Waals surface area contributed by atoms with Crippen molar-refractivity contribution >= 4 is 28.5 Å². The van der Waals surface area contributed by atoms with Gasteiger partial charge in [0.2, 0.25) is 0 Å². The Hall–Kier alpha value is -1.20. The monoisotopic (exact) mass is 262 g/mol. The van der Waals surface area contributed by atoms with Crippen LogP contribution in [0.2, 0.25) is 0 Å². The standard InChI is InChI=1S/C13H18N4S/c14-8-1-4-10(5-2-8)18-13-16-11-6-3-9(15)7-12(11)17-13/h3,6-8,10H,1-2,4-5,14-15H2,(H,16,17). The first kappa shape index (κ1) is 11.9. The van der Waals surface area contributed by atoms with E-state index in [2.05, 4.69) is 9.97 Å². The SMILES string of the molecule is Nc1ccc2nc(SC3CCC(N)CC3)[nH]c2c1. The summed E-state index contributed by atoms with van der Waals surface area (Å²) in [7, 11) is 0. The van der Waals surface area contributed by atoms with E-state index < -0.39 is 0 Å². The predicted octanol–water partition coefficient (Wildman–Crippen LogP) is 2.51. The van der Waals surface area contributed by atoms with Crippen LogP contribution in [-0.4, -0.2) is 21.3 Å². The molecule has 4 nitrogen and oxygen atoms in total. The smallest absolute Gasteiger partial charge is 0.166 e. The third kappa shape index (κ3) is 2.47. The highest BCUT2D eigenvalue weighted by Crippen LogP contribution is 2.32. The molecule has 1 aromatic heterocycles. The minimum absolute atomic E-state index is 0.400. The molecule has 1 fully saturated rings. The van der Waals surface area contributed by atoms with Gasteiger partial charge in [-0.3, -0.25) is 0 Å². The van der Waals surface area contributed by atoms with Gasteiger partial charge in [-0.15, -0.1) is 0 Å². The van der Waals surface area contributed by atoms with Crippen LogP contribution in [-0.2, 0) is 0 Å². The number of H-pyrrole nitrogens is 1. The van der Waals surface area contributed by atoms with Crippen molar-refractivity contribution in [1.29, 1.82) is 0 Å². The van der Waals surface area contributed by atoms with Crippen LogP contribution in [0, 0.1) is 0 Å². The van der Waals surface area contributed by atoms with Gasteiger partial charge in [0.25, 0.3) is 0 Å². The molecule has 1 saturated carbocycles. The predicted molar refractivity (Wildman–Crippen MR) is 76.6 cm³/mol. The van der Waals surface area contributed by atoms with Crippen molar-refractivity contribution in [2.24, 2.45) is 5.73 Å². The maximum Gasteiger partial charge on any atom is 0.166 e. The van der Waals surface area contributed by atoms with Gasteiger partial charge in [0.15, 0.2) is 5.16 Å². The minimum atomic E-state index is 0.400. The summed E-state index contributed by atoms with van der Waals surface area (Å²) in [6.07, 6.45) is 4.63. The lowest BCUT2D eigenvalue weighted by Crippen LogP contribution is -2.27. The van der Waals surface area contributed by atoms with E-state index in [1.807, 2.05) is 30.0 Å². The van der Waals surface area contributed by atoms with Gasteiger partial charge < -0.3 is 16.5 Å². The molecule has 0 bridgehead atoms. The number of rotatable bonds is 2. The fourth-order valence-electron chi connectivity index (χ4n) is 2.42. The van der Waals surface area contributed by atoms with Crippen LogP contribution in [0.25, 0.3) is 11.0 Å². The summed E-state index contributed by atoms with van der Waals surface area (Å²) in [6, 6.07) is 6.18. The summed E-state index contributed by atoms with van der Waals surface area (Å²) in [4.78, 5) is 7.92. The second kappa shape index (κ2) is 4.82. The van der Waals surface area contributed by atoms with E-state index >= 15 is 0 Å². The van der Waals surface area contributed by atoms with E-state index in [1.165, 1.54) is 12.8 Å². The first-order valence-corrected chi connectivity index (χ1v) is 7.26.